The second-order valence-electron chi connectivity index (χ2n) is 9.58. The van der Waals surface area contributed by atoms with Gasteiger partial charge in [0.25, 0.3) is 15.9 Å². The first-order valence-electron chi connectivity index (χ1n) is 13.4. The Balaban J connectivity index is 1.33. The van der Waals surface area contributed by atoms with Crippen molar-refractivity contribution in [3.05, 3.63) is 108 Å². The number of hydrogen-bond donors (Lipinski definition) is 0. The number of carbonyl (C=O) groups is 1. The molecule has 0 radical (unpaired) electrons. The number of carbonyl (C=O) groups excluding carboxylic acids is 1. The van der Waals surface area contributed by atoms with Gasteiger partial charge in [-0.3, -0.25) is 19.0 Å². The zero-order valence-corrected chi connectivity index (χ0v) is 24.1. The molecule has 0 spiro atoms. The van der Waals surface area contributed by atoms with Gasteiger partial charge in [0.1, 0.15) is 11.3 Å². The molecule has 0 saturated carbocycles. The summed E-state index contributed by atoms with van der Waals surface area (Å²) in [5, 5.41) is 0.504. The third-order valence-electron chi connectivity index (χ3n) is 6.95. The lowest BCUT2D eigenvalue weighted by Gasteiger charge is -2.30. The number of nitrogens with zero attached hydrogens (tertiary/aromatic N) is 4. The van der Waals surface area contributed by atoms with Gasteiger partial charge in [-0.25, -0.2) is 13.4 Å². The topological polar surface area (TPSA) is 92.7 Å². The van der Waals surface area contributed by atoms with Crippen molar-refractivity contribution < 1.29 is 17.9 Å². The van der Waals surface area contributed by atoms with Crippen LogP contribution >= 0.6 is 11.3 Å². The van der Waals surface area contributed by atoms with E-state index in [1.807, 2.05) is 67.6 Å². The molecule has 208 valence electrons. The third kappa shape index (κ3) is 5.28. The number of sulfonamides is 1. The molecule has 5 aromatic rings. The van der Waals surface area contributed by atoms with E-state index >= 15 is 0 Å². The standard InChI is InChI=1S/C31H28N4O4S2/c1-2-39-27-13-7-14-28-29(27)33-31(40-28)34(21-24-11-5-6-19-32-24)30(36)23-15-17-25(18-16-23)41(37,38)35-20-8-10-22-9-3-4-12-26(22)35/h3-7,9,11-19H,2,8,10,20-21H2,1H3. The molecule has 0 fully saturated rings. The van der Waals surface area contributed by atoms with Gasteiger partial charge in [0.2, 0.25) is 0 Å². The molecule has 0 bridgehead atoms. The molecule has 3 heterocycles. The van der Waals surface area contributed by atoms with E-state index in [0.29, 0.717) is 46.5 Å². The quantitative estimate of drug-likeness (QED) is 0.220. The number of aryl methyl sites for hydroxylation is 1. The van der Waals surface area contributed by atoms with E-state index in [0.717, 1.165) is 23.1 Å². The van der Waals surface area contributed by atoms with Crippen LogP contribution in [0.4, 0.5) is 10.8 Å². The zero-order valence-electron chi connectivity index (χ0n) is 22.4. The summed E-state index contributed by atoms with van der Waals surface area (Å²) in [4.78, 5) is 24.8. The monoisotopic (exact) mass is 584 g/mol. The summed E-state index contributed by atoms with van der Waals surface area (Å²) in [7, 11) is -3.79. The lowest BCUT2D eigenvalue weighted by Crippen LogP contribution is -2.35. The lowest BCUT2D eigenvalue weighted by atomic mass is 10.0. The summed E-state index contributed by atoms with van der Waals surface area (Å²) in [5.74, 6) is 0.353. The highest BCUT2D eigenvalue weighted by Gasteiger charge is 2.30. The van der Waals surface area contributed by atoms with Crippen LogP contribution < -0.4 is 13.9 Å². The van der Waals surface area contributed by atoms with Crippen molar-refractivity contribution in [1.29, 1.82) is 0 Å². The number of thiazole rings is 1. The molecule has 0 unspecified atom stereocenters. The molecule has 0 atom stereocenters. The number of ether oxygens (including phenoxy) is 1. The minimum Gasteiger partial charge on any atom is -0.492 e. The van der Waals surface area contributed by atoms with Crippen LogP contribution in [-0.4, -0.2) is 37.4 Å². The summed E-state index contributed by atoms with van der Waals surface area (Å²) >= 11 is 1.39. The van der Waals surface area contributed by atoms with Crippen LogP contribution in [0.25, 0.3) is 10.2 Å². The Morgan fingerprint density at radius 1 is 1.00 bits per heavy atom. The maximum absolute atomic E-state index is 13.9. The Morgan fingerprint density at radius 3 is 2.59 bits per heavy atom. The Bertz CT molecular complexity index is 1810. The fraction of sp³-hybridized carbons (Fsp3) is 0.194. The predicted molar refractivity (Wildman–Crippen MR) is 161 cm³/mol. The fourth-order valence-corrected chi connectivity index (χ4v) is 7.50. The number of amides is 1. The van der Waals surface area contributed by atoms with E-state index in [1.54, 1.807) is 23.2 Å². The SMILES string of the molecule is CCOc1cccc2sc(N(Cc3ccccn3)C(=O)c3ccc(S(=O)(=O)N4CCCc5ccccc54)cc3)nc12. The second kappa shape index (κ2) is 11.3. The van der Waals surface area contributed by atoms with E-state index in [-0.39, 0.29) is 17.3 Å². The maximum Gasteiger partial charge on any atom is 0.264 e. The van der Waals surface area contributed by atoms with Gasteiger partial charge in [0.15, 0.2) is 5.13 Å². The number of anilines is 2. The highest BCUT2D eigenvalue weighted by molar-refractivity contribution is 7.92. The van der Waals surface area contributed by atoms with Gasteiger partial charge in [-0.2, -0.15) is 0 Å². The van der Waals surface area contributed by atoms with Crippen LogP contribution in [0.5, 0.6) is 5.75 Å². The molecule has 0 N–H and O–H groups in total. The van der Waals surface area contributed by atoms with Crippen LogP contribution in [0, 0.1) is 0 Å². The number of para-hydroxylation sites is 2. The first-order chi connectivity index (χ1) is 20.0. The molecule has 6 rings (SSSR count). The van der Waals surface area contributed by atoms with Crippen LogP contribution in [0.15, 0.2) is 96.0 Å². The Morgan fingerprint density at radius 2 is 1.80 bits per heavy atom. The largest absolute Gasteiger partial charge is 0.492 e. The summed E-state index contributed by atoms with van der Waals surface area (Å²) in [6.07, 6.45) is 3.28. The van der Waals surface area contributed by atoms with E-state index in [4.69, 9.17) is 9.72 Å². The zero-order chi connectivity index (χ0) is 28.4. The maximum atomic E-state index is 13.9. The first-order valence-corrected chi connectivity index (χ1v) is 15.7. The fourth-order valence-electron chi connectivity index (χ4n) is 4.98. The molecule has 8 nitrogen and oxygen atoms in total. The van der Waals surface area contributed by atoms with Crippen LogP contribution in [0.1, 0.15) is 35.0 Å². The molecule has 10 heteroatoms. The summed E-state index contributed by atoms with van der Waals surface area (Å²) in [6.45, 7) is 3.03. The minimum atomic E-state index is -3.79. The van der Waals surface area contributed by atoms with E-state index in [1.165, 1.54) is 27.8 Å². The molecule has 0 saturated heterocycles. The smallest absolute Gasteiger partial charge is 0.264 e. The summed E-state index contributed by atoms with van der Waals surface area (Å²) in [6, 6.07) is 25.0. The van der Waals surface area contributed by atoms with Gasteiger partial charge in [-0.15, -0.1) is 0 Å². The number of fused-ring (bicyclic) bond motifs is 2. The highest BCUT2D eigenvalue weighted by Crippen LogP contribution is 2.36. The average Bonchev–Trinajstić information content (AvgIpc) is 3.45. The normalized spacial score (nSPS) is 13.1. The van der Waals surface area contributed by atoms with Gasteiger partial charge in [-0.05, 0) is 79.9 Å². The Kier molecular flexibility index (Phi) is 7.42. The summed E-state index contributed by atoms with van der Waals surface area (Å²) in [5.41, 5.74) is 3.47. The van der Waals surface area contributed by atoms with Gasteiger partial charge < -0.3 is 4.74 Å². The van der Waals surface area contributed by atoms with Gasteiger partial charge >= 0.3 is 0 Å². The molecular formula is C31H28N4O4S2. The van der Waals surface area contributed by atoms with E-state index in [2.05, 4.69) is 4.98 Å². The highest BCUT2D eigenvalue weighted by atomic mass is 32.2. The number of benzene rings is 3. The molecule has 1 aliphatic heterocycles. The molecule has 2 aromatic heterocycles. The van der Waals surface area contributed by atoms with Crippen LogP contribution in [-0.2, 0) is 23.0 Å². The average molecular weight is 585 g/mol. The summed E-state index contributed by atoms with van der Waals surface area (Å²) < 4.78 is 35.4. The van der Waals surface area contributed by atoms with Gasteiger partial charge in [-0.1, -0.05) is 41.7 Å². The minimum absolute atomic E-state index is 0.142. The third-order valence-corrected chi connectivity index (χ3v) is 9.82. The van der Waals surface area contributed by atoms with Crippen molar-refractivity contribution in [2.45, 2.75) is 31.2 Å². The Labute approximate surface area is 242 Å². The molecule has 1 amide bonds. The van der Waals surface area contributed by atoms with E-state index in [9.17, 15) is 13.2 Å². The van der Waals surface area contributed by atoms with Gasteiger partial charge in [0, 0.05) is 18.3 Å². The molecule has 41 heavy (non-hydrogen) atoms. The molecular weight excluding hydrogens is 556 g/mol. The van der Waals surface area contributed by atoms with Crippen molar-refractivity contribution in [2.24, 2.45) is 0 Å². The van der Waals surface area contributed by atoms with Crippen molar-refractivity contribution in [3.8, 4) is 5.75 Å². The number of pyridine rings is 1. The van der Waals surface area contributed by atoms with Crippen molar-refractivity contribution in [3.63, 3.8) is 0 Å². The second-order valence-corrected chi connectivity index (χ2v) is 12.4. The molecule has 0 aliphatic carbocycles. The number of hydrogen-bond acceptors (Lipinski definition) is 7. The first kappa shape index (κ1) is 26.9. The number of aromatic nitrogens is 2. The van der Waals surface area contributed by atoms with Crippen molar-refractivity contribution >= 4 is 48.3 Å². The van der Waals surface area contributed by atoms with Gasteiger partial charge in [0.05, 0.1) is 34.1 Å². The lowest BCUT2D eigenvalue weighted by molar-refractivity contribution is 0.0984. The Hall–Kier alpha value is -4.28. The van der Waals surface area contributed by atoms with Crippen LogP contribution in [0.3, 0.4) is 0 Å². The van der Waals surface area contributed by atoms with Crippen LogP contribution in [0.2, 0.25) is 0 Å². The van der Waals surface area contributed by atoms with Crippen molar-refractivity contribution in [2.75, 3.05) is 22.4 Å². The molecule has 3 aromatic carbocycles. The number of rotatable bonds is 8. The predicted octanol–water partition coefficient (Wildman–Crippen LogP) is 6.08. The molecule has 1 aliphatic rings. The van der Waals surface area contributed by atoms with E-state index < -0.39 is 10.0 Å². The van der Waals surface area contributed by atoms with Crippen molar-refractivity contribution in [1.82, 2.24) is 9.97 Å².